The fourth-order valence-electron chi connectivity index (χ4n) is 3.17. The summed E-state index contributed by atoms with van der Waals surface area (Å²) in [6.45, 7) is 2.51. The van der Waals surface area contributed by atoms with E-state index in [2.05, 4.69) is 11.9 Å². The maximum atomic E-state index is 13.1. The molecule has 5 heteroatoms. The minimum atomic E-state index is 0.0276. The van der Waals surface area contributed by atoms with Gasteiger partial charge >= 0.3 is 0 Å². The molecule has 0 bridgehead atoms. The molecule has 1 aromatic heterocycles. The van der Waals surface area contributed by atoms with E-state index in [0.29, 0.717) is 17.9 Å². The van der Waals surface area contributed by atoms with Crippen LogP contribution < -0.4 is 4.74 Å². The maximum Gasteiger partial charge on any atom is 0.254 e. The second kappa shape index (κ2) is 7.53. The minimum Gasteiger partial charge on any atom is -0.497 e. The SMILES string of the molecule is COc1cccc(C(=O)N(Cc2ccco2)C2CCN(C)CC2)c1. The Kier molecular flexibility index (Phi) is 5.20. The Morgan fingerprint density at radius 2 is 2.08 bits per heavy atom. The Bertz CT molecular complexity index is 661. The van der Waals surface area contributed by atoms with Gasteiger partial charge in [0.1, 0.15) is 11.5 Å². The minimum absolute atomic E-state index is 0.0276. The molecule has 0 aliphatic carbocycles. The van der Waals surface area contributed by atoms with Crippen molar-refractivity contribution in [2.24, 2.45) is 0 Å². The van der Waals surface area contributed by atoms with Crippen LogP contribution in [0.4, 0.5) is 0 Å². The molecule has 24 heavy (non-hydrogen) atoms. The van der Waals surface area contributed by atoms with E-state index in [1.165, 1.54) is 0 Å². The van der Waals surface area contributed by atoms with Crippen molar-refractivity contribution in [1.29, 1.82) is 0 Å². The van der Waals surface area contributed by atoms with Crippen molar-refractivity contribution in [1.82, 2.24) is 9.80 Å². The molecule has 2 heterocycles. The van der Waals surface area contributed by atoms with Crippen LogP contribution in [0, 0.1) is 0 Å². The molecule has 1 aliphatic rings. The average molecular weight is 328 g/mol. The number of piperidine rings is 1. The third-order valence-electron chi connectivity index (χ3n) is 4.61. The zero-order chi connectivity index (χ0) is 16.9. The first-order chi connectivity index (χ1) is 11.7. The maximum absolute atomic E-state index is 13.1. The largest absolute Gasteiger partial charge is 0.497 e. The van der Waals surface area contributed by atoms with Crippen LogP contribution in [0.25, 0.3) is 0 Å². The molecule has 2 aromatic rings. The summed E-state index contributed by atoms with van der Waals surface area (Å²) in [4.78, 5) is 17.4. The molecular formula is C19H24N2O3. The molecule has 1 aliphatic heterocycles. The Balaban J connectivity index is 1.83. The van der Waals surface area contributed by atoms with Crippen LogP contribution in [0.2, 0.25) is 0 Å². The lowest BCUT2D eigenvalue weighted by molar-refractivity contribution is 0.0550. The number of carbonyl (C=O) groups is 1. The monoisotopic (exact) mass is 328 g/mol. The van der Waals surface area contributed by atoms with E-state index in [-0.39, 0.29) is 11.9 Å². The molecule has 0 unspecified atom stereocenters. The predicted octanol–water partition coefficient (Wildman–Crippen LogP) is 3.02. The van der Waals surface area contributed by atoms with Crippen molar-refractivity contribution in [3.8, 4) is 5.75 Å². The second-order valence-electron chi connectivity index (χ2n) is 6.28. The van der Waals surface area contributed by atoms with E-state index < -0.39 is 0 Å². The first-order valence-corrected chi connectivity index (χ1v) is 8.33. The molecule has 1 saturated heterocycles. The second-order valence-corrected chi connectivity index (χ2v) is 6.28. The molecule has 0 radical (unpaired) electrons. The lowest BCUT2D eigenvalue weighted by Gasteiger charge is -2.37. The summed E-state index contributed by atoms with van der Waals surface area (Å²) >= 11 is 0. The Hall–Kier alpha value is -2.27. The number of rotatable bonds is 5. The smallest absolute Gasteiger partial charge is 0.254 e. The summed E-state index contributed by atoms with van der Waals surface area (Å²) in [6, 6.07) is 11.3. The topological polar surface area (TPSA) is 45.9 Å². The van der Waals surface area contributed by atoms with Crippen LogP contribution in [0.15, 0.2) is 47.1 Å². The van der Waals surface area contributed by atoms with Crippen molar-refractivity contribution in [2.45, 2.75) is 25.4 Å². The third kappa shape index (κ3) is 3.79. The summed E-state index contributed by atoms with van der Waals surface area (Å²) in [5.74, 6) is 1.53. The van der Waals surface area contributed by atoms with Crippen LogP contribution >= 0.6 is 0 Å². The van der Waals surface area contributed by atoms with E-state index in [4.69, 9.17) is 9.15 Å². The van der Waals surface area contributed by atoms with Gasteiger partial charge in [-0.1, -0.05) is 6.07 Å². The number of methoxy groups -OCH3 is 1. The van der Waals surface area contributed by atoms with Gasteiger partial charge in [-0.25, -0.2) is 0 Å². The number of nitrogens with zero attached hydrogens (tertiary/aromatic N) is 2. The van der Waals surface area contributed by atoms with Gasteiger partial charge < -0.3 is 19.0 Å². The quantitative estimate of drug-likeness (QED) is 0.846. The van der Waals surface area contributed by atoms with Gasteiger partial charge in [0.15, 0.2) is 0 Å². The zero-order valence-electron chi connectivity index (χ0n) is 14.3. The van der Waals surface area contributed by atoms with Crippen molar-refractivity contribution >= 4 is 5.91 Å². The Labute approximate surface area is 142 Å². The Morgan fingerprint density at radius 3 is 2.75 bits per heavy atom. The molecule has 1 aromatic carbocycles. The van der Waals surface area contributed by atoms with Crippen molar-refractivity contribution in [3.63, 3.8) is 0 Å². The number of amides is 1. The van der Waals surface area contributed by atoms with Gasteiger partial charge in [0.05, 0.1) is 19.9 Å². The standard InChI is InChI=1S/C19H24N2O3/c1-20-10-8-16(9-11-20)21(14-18-7-4-12-24-18)19(22)15-5-3-6-17(13-15)23-2/h3-7,12-13,16H,8-11,14H2,1-2H3. The number of carbonyl (C=O) groups excluding carboxylic acids is 1. The highest BCUT2D eigenvalue weighted by atomic mass is 16.5. The number of hydrogen-bond donors (Lipinski definition) is 0. The van der Waals surface area contributed by atoms with Crippen LogP contribution in [-0.2, 0) is 6.54 Å². The molecule has 3 rings (SSSR count). The molecule has 128 valence electrons. The van der Waals surface area contributed by atoms with Gasteiger partial charge in [-0.2, -0.15) is 0 Å². The normalized spacial score (nSPS) is 16.1. The van der Waals surface area contributed by atoms with Gasteiger partial charge in [0.2, 0.25) is 0 Å². The van der Waals surface area contributed by atoms with Crippen molar-refractivity contribution < 1.29 is 13.9 Å². The third-order valence-corrected chi connectivity index (χ3v) is 4.61. The molecule has 1 amide bonds. The number of hydrogen-bond acceptors (Lipinski definition) is 4. The summed E-state index contributed by atoms with van der Waals surface area (Å²) in [5.41, 5.74) is 0.653. The van der Waals surface area contributed by atoms with Crippen molar-refractivity contribution in [3.05, 3.63) is 54.0 Å². The molecular weight excluding hydrogens is 304 g/mol. The fourth-order valence-corrected chi connectivity index (χ4v) is 3.17. The molecule has 1 fully saturated rings. The highest BCUT2D eigenvalue weighted by Crippen LogP contribution is 2.22. The summed E-state index contributed by atoms with van der Waals surface area (Å²) < 4.78 is 10.7. The number of ether oxygens (including phenoxy) is 1. The fraction of sp³-hybridized carbons (Fsp3) is 0.421. The molecule has 5 nitrogen and oxygen atoms in total. The van der Waals surface area contributed by atoms with E-state index in [0.717, 1.165) is 31.7 Å². The summed E-state index contributed by atoms with van der Waals surface area (Å²) in [6.07, 6.45) is 3.61. The molecule has 0 spiro atoms. The van der Waals surface area contributed by atoms with E-state index in [1.54, 1.807) is 19.4 Å². The average Bonchev–Trinajstić information content (AvgIpc) is 3.13. The van der Waals surface area contributed by atoms with Crippen LogP contribution in [0.3, 0.4) is 0 Å². The first-order valence-electron chi connectivity index (χ1n) is 8.33. The molecule has 0 atom stereocenters. The van der Waals surface area contributed by atoms with Gasteiger partial charge in [-0.05, 0) is 63.3 Å². The van der Waals surface area contributed by atoms with E-state index >= 15 is 0 Å². The van der Waals surface area contributed by atoms with Gasteiger partial charge in [0, 0.05) is 11.6 Å². The molecule has 0 N–H and O–H groups in total. The van der Waals surface area contributed by atoms with Gasteiger partial charge in [-0.15, -0.1) is 0 Å². The van der Waals surface area contributed by atoms with E-state index in [1.807, 2.05) is 35.2 Å². The lowest BCUT2D eigenvalue weighted by atomic mass is 10.0. The highest BCUT2D eigenvalue weighted by molar-refractivity contribution is 5.94. The lowest BCUT2D eigenvalue weighted by Crippen LogP contribution is -2.46. The van der Waals surface area contributed by atoms with Gasteiger partial charge in [-0.3, -0.25) is 4.79 Å². The summed E-state index contributed by atoms with van der Waals surface area (Å²) in [5, 5.41) is 0. The number of benzene rings is 1. The molecule has 0 saturated carbocycles. The summed E-state index contributed by atoms with van der Waals surface area (Å²) in [7, 11) is 3.73. The Morgan fingerprint density at radius 1 is 1.29 bits per heavy atom. The van der Waals surface area contributed by atoms with Crippen LogP contribution in [0.5, 0.6) is 5.75 Å². The van der Waals surface area contributed by atoms with Crippen LogP contribution in [0.1, 0.15) is 29.0 Å². The number of likely N-dealkylation sites (tertiary alicyclic amines) is 1. The van der Waals surface area contributed by atoms with E-state index in [9.17, 15) is 4.79 Å². The van der Waals surface area contributed by atoms with Crippen LogP contribution in [-0.4, -0.2) is 49.0 Å². The number of furan rings is 1. The van der Waals surface area contributed by atoms with Gasteiger partial charge in [0.25, 0.3) is 5.91 Å². The zero-order valence-corrected chi connectivity index (χ0v) is 14.3. The predicted molar refractivity (Wildman–Crippen MR) is 92.1 cm³/mol. The highest BCUT2D eigenvalue weighted by Gasteiger charge is 2.28. The van der Waals surface area contributed by atoms with Crippen molar-refractivity contribution in [2.75, 3.05) is 27.2 Å². The first kappa shape index (κ1) is 16.6.